The maximum absolute atomic E-state index is 12.5. The number of amides is 1. The molecular weight excluding hydrogens is 911 g/mol. The van der Waals surface area contributed by atoms with Crippen LogP contribution in [0.3, 0.4) is 0 Å². The predicted molar refractivity (Wildman–Crippen MR) is 324 cm³/mol. The van der Waals surface area contributed by atoms with Gasteiger partial charge in [-0.3, -0.25) is 9.59 Å². The molecule has 74 heavy (non-hydrogen) atoms. The molecule has 6 heteroatoms. The van der Waals surface area contributed by atoms with Crippen LogP contribution in [0.25, 0.3) is 0 Å². The van der Waals surface area contributed by atoms with Gasteiger partial charge >= 0.3 is 5.97 Å². The van der Waals surface area contributed by atoms with Crippen molar-refractivity contribution < 1.29 is 24.5 Å². The van der Waals surface area contributed by atoms with Crippen LogP contribution < -0.4 is 5.32 Å². The molecule has 0 heterocycles. The molecule has 3 N–H and O–H groups in total. The second-order valence-corrected chi connectivity index (χ2v) is 23.5. The number of aliphatic hydroxyl groups is 2. The molecule has 0 aliphatic heterocycles. The first kappa shape index (κ1) is 72.6. The Morgan fingerprint density at radius 2 is 0.635 bits per heavy atom. The van der Waals surface area contributed by atoms with E-state index < -0.39 is 12.1 Å². The van der Waals surface area contributed by atoms with Crippen LogP contribution in [0.1, 0.15) is 386 Å². The number of aliphatic hydroxyl groups excluding tert-OH is 2. The van der Waals surface area contributed by atoms with Crippen molar-refractivity contribution >= 4 is 11.9 Å². The first-order valence-electron chi connectivity index (χ1n) is 33.9. The fourth-order valence-corrected chi connectivity index (χ4v) is 10.9. The molecule has 0 rings (SSSR count). The molecule has 0 aliphatic rings. The highest BCUT2D eigenvalue weighted by atomic mass is 16.5. The van der Waals surface area contributed by atoms with Crippen molar-refractivity contribution in [1.29, 1.82) is 0 Å². The summed E-state index contributed by atoms with van der Waals surface area (Å²) in [5.41, 5.74) is 0. The average molecular weight is 1040 g/mol. The van der Waals surface area contributed by atoms with Crippen LogP contribution in [0.4, 0.5) is 0 Å². The summed E-state index contributed by atoms with van der Waals surface area (Å²) in [7, 11) is 0. The van der Waals surface area contributed by atoms with Crippen LogP contribution >= 0.6 is 0 Å². The Bertz CT molecular complexity index is 1110. The van der Waals surface area contributed by atoms with E-state index in [-0.39, 0.29) is 18.5 Å². The zero-order chi connectivity index (χ0) is 53.6. The number of hydrogen-bond acceptors (Lipinski definition) is 5. The Balaban J connectivity index is 3.37. The SMILES string of the molecule is CCCCCCCCCCCCCCCCCCCCC(=O)OCCCCCCCCCCCCCC/C=C\CCCCCCCCCCC(=O)NC(CO)C(O)CCCCCCCCCCCCCCCCC. The van der Waals surface area contributed by atoms with Crippen LogP contribution in [-0.4, -0.2) is 47.4 Å². The van der Waals surface area contributed by atoms with E-state index in [4.69, 9.17) is 4.74 Å². The molecule has 0 saturated carbocycles. The number of nitrogens with one attached hydrogen (secondary N) is 1. The maximum Gasteiger partial charge on any atom is 0.305 e. The lowest BCUT2D eigenvalue weighted by Gasteiger charge is -2.22. The lowest BCUT2D eigenvalue weighted by Crippen LogP contribution is -2.45. The van der Waals surface area contributed by atoms with Crippen molar-refractivity contribution in [2.24, 2.45) is 0 Å². The van der Waals surface area contributed by atoms with Gasteiger partial charge in [-0.15, -0.1) is 0 Å². The van der Waals surface area contributed by atoms with Gasteiger partial charge in [0.15, 0.2) is 0 Å². The van der Waals surface area contributed by atoms with E-state index in [1.54, 1.807) is 0 Å². The fourth-order valence-electron chi connectivity index (χ4n) is 10.9. The number of hydrogen-bond donors (Lipinski definition) is 3. The van der Waals surface area contributed by atoms with Crippen LogP contribution in [-0.2, 0) is 14.3 Å². The lowest BCUT2D eigenvalue weighted by molar-refractivity contribution is -0.143. The van der Waals surface area contributed by atoms with E-state index in [9.17, 15) is 19.8 Å². The largest absolute Gasteiger partial charge is 0.466 e. The molecule has 1 amide bonds. The number of esters is 1. The van der Waals surface area contributed by atoms with Crippen LogP contribution in [0.2, 0.25) is 0 Å². The van der Waals surface area contributed by atoms with Crippen molar-refractivity contribution in [1.82, 2.24) is 5.32 Å². The van der Waals surface area contributed by atoms with Crippen molar-refractivity contribution in [3.05, 3.63) is 12.2 Å². The van der Waals surface area contributed by atoms with Crippen molar-refractivity contribution in [2.75, 3.05) is 13.2 Å². The van der Waals surface area contributed by atoms with Gasteiger partial charge in [0.25, 0.3) is 0 Å². The third-order valence-corrected chi connectivity index (χ3v) is 16.1. The molecule has 0 aliphatic carbocycles. The third-order valence-electron chi connectivity index (χ3n) is 16.1. The normalized spacial score (nSPS) is 12.5. The van der Waals surface area contributed by atoms with Gasteiger partial charge in [0.05, 0.1) is 25.4 Å². The number of carbonyl (C=O) groups excluding carboxylic acids is 2. The summed E-state index contributed by atoms with van der Waals surface area (Å²) in [5.74, 6) is -0.0187. The van der Waals surface area contributed by atoms with Crippen molar-refractivity contribution in [3.63, 3.8) is 0 Å². The van der Waals surface area contributed by atoms with E-state index in [1.165, 1.54) is 315 Å². The third kappa shape index (κ3) is 59.8. The zero-order valence-corrected chi connectivity index (χ0v) is 50.4. The van der Waals surface area contributed by atoms with Crippen LogP contribution in [0.5, 0.6) is 0 Å². The number of rotatable bonds is 64. The molecule has 0 aromatic heterocycles. The minimum atomic E-state index is -0.666. The highest BCUT2D eigenvalue weighted by molar-refractivity contribution is 5.76. The summed E-state index contributed by atoms with van der Waals surface area (Å²) >= 11 is 0. The van der Waals surface area contributed by atoms with E-state index in [2.05, 4.69) is 31.3 Å². The second-order valence-electron chi connectivity index (χ2n) is 23.5. The van der Waals surface area contributed by atoms with Crippen molar-refractivity contribution in [3.8, 4) is 0 Å². The second kappa shape index (κ2) is 64.1. The summed E-state index contributed by atoms with van der Waals surface area (Å²) in [6.07, 6.45) is 78.2. The fraction of sp³-hybridized carbons (Fsp3) is 0.941. The summed E-state index contributed by atoms with van der Waals surface area (Å²) in [6.45, 7) is 4.99. The summed E-state index contributed by atoms with van der Waals surface area (Å²) < 4.78 is 5.51. The topological polar surface area (TPSA) is 95.9 Å². The number of allylic oxidation sites excluding steroid dienone is 2. The van der Waals surface area contributed by atoms with Gasteiger partial charge < -0.3 is 20.3 Å². The molecule has 0 saturated heterocycles. The molecule has 2 atom stereocenters. The Morgan fingerprint density at radius 3 is 0.959 bits per heavy atom. The monoisotopic (exact) mass is 1040 g/mol. The highest BCUT2D eigenvalue weighted by Gasteiger charge is 2.20. The number of carbonyl (C=O) groups is 2. The Kier molecular flexibility index (Phi) is 62.9. The van der Waals surface area contributed by atoms with E-state index in [0.717, 1.165) is 38.5 Å². The molecule has 0 spiro atoms. The first-order valence-corrected chi connectivity index (χ1v) is 33.9. The summed E-state index contributed by atoms with van der Waals surface area (Å²) in [4.78, 5) is 24.6. The Labute approximate surface area is 463 Å². The standard InChI is InChI=1S/C68H133NO5/c1-3-5-7-9-11-13-15-17-19-20-30-34-38-42-46-50-54-58-62-68(73)74-63-59-55-51-47-43-39-35-31-28-26-24-22-21-23-25-27-29-33-37-41-45-49-53-57-61-67(72)69-65(64-70)66(71)60-56-52-48-44-40-36-32-18-16-14-12-10-8-6-4-2/h23,25,65-66,70-71H,3-22,24,26-64H2,1-2H3,(H,69,72)/b25-23-. The smallest absolute Gasteiger partial charge is 0.305 e. The molecule has 0 bridgehead atoms. The molecule has 0 aromatic rings. The minimum absolute atomic E-state index is 0.0179. The van der Waals surface area contributed by atoms with Crippen LogP contribution in [0.15, 0.2) is 12.2 Å². The molecule has 0 fully saturated rings. The van der Waals surface area contributed by atoms with Crippen LogP contribution in [0, 0.1) is 0 Å². The van der Waals surface area contributed by atoms with E-state index in [1.807, 2.05) is 0 Å². The number of unbranched alkanes of at least 4 members (excludes halogenated alkanes) is 51. The predicted octanol–water partition coefficient (Wildman–Crippen LogP) is 21.6. The highest BCUT2D eigenvalue weighted by Crippen LogP contribution is 2.19. The van der Waals surface area contributed by atoms with Gasteiger partial charge in [-0.1, -0.05) is 334 Å². The number of ether oxygens (including phenoxy) is 1. The quantitative estimate of drug-likeness (QED) is 0.0320. The molecule has 0 aromatic carbocycles. The summed E-state index contributed by atoms with van der Waals surface area (Å²) in [5, 5.41) is 23.3. The zero-order valence-electron chi connectivity index (χ0n) is 50.4. The van der Waals surface area contributed by atoms with E-state index >= 15 is 0 Å². The van der Waals surface area contributed by atoms with Gasteiger partial charge in [0, 0.05) is 12.8 Å². The lowest BCUT2D eigenvalue weighted by atomic mass is 10.0. The van der Waals surface area contributed by atoms with E-state index in [0.29, 0.717) is 25.9 Å². The van der Waals surface area contributed by atoms with Gasteiger partial charge in [0.1, 0.15) is 0 Å². The van der Waals surface area contributed by atoms with Gasteiger partial charge in [-0.25, -0.2) is 0 Å². The molecule has 440 valence electrons. The minimum Gasteiger partial charge on any atom is -0.466 e. The van der Waals surface area contributed by atoms with Gasteiger partial charge in [0.2, 0.25) is 5.91 Å². The molecular formula is C68H133NO5. The molecule has 0 radical (unpaired) electrons. The Hall–Kier alpha value is -1.40. The molecule has 2 unspecified atom stereocenters. The van der Waals surface area contributed by atoms with Gasteiger partial charge in [-0.2, -0.15) is 0 Å². The molecule has 6 nitrogen and oxygen atoms in total. The first-order chi connectivity index (χ1) is 36.5. The maximum atomic E-state index is 12.5. The van der Waals surface area contributed by atoms with Gasteiger partial charge in [-0.05, 0) is 51.4 Å². The Morgan fingerprint density at radius 1 is 0.365 bits per heavy atom. The van der Waals surface area contributed by atoms with Crippen molar-refractivity contribution in [2.45, 2.75) is 398 Å². The average Bonchev–Trinajstić information content (AvgIpc) is 3.40. The summed E-state index contributed by atoms with van der Waals surface area (Å²) in [6, 6.07) is -0.544.